The molecule has 1 aliphatic carbocycles. The summed E-state index contributed by atoms with van der Waals surface area (Å²) in [5.41, 5.74) is 0.949. The normalized spacial score (nSPS) is 23.2. The average molecular weight is 255 g/mol. The molecule has 0 heterocycles. The predicted molar refractivity (Wildman–Crippen MR) is 78.9 cm³/mol. The standard InChI is InChI=1S/C16H33NO/c1-6-7-9-18-10-8-17-14-11-15(2,3)13-16(4,5)12-14/h14,17H,6-13H2,1-5H3. The van der Waals surface area contributed by atoms with Gasteiger partial charge in [-0.3, -0.25) is 0 Å². The van der Waals surface area contributed by atoms with E-state index in [1.165, 1.54) is 32.1 Å². The van der Waals surface area contributed by atoms with Gasteiger partial charge in [0.05, 0.1) is 6.61 Å². The Morgan fingerprint density at radius 2 is 1.67 bits per heavy atom. The summed E-state index contributed by atoms with van der Waals surface area (Å²) >= 11 is 0. The van der Waals surface area contributed by atoms with E-state index in [1.807, 2.05) is 0 Å². The third-order valence-electron chi connectivity index (χ3n) is 3.88. The van der Waals surface area contributed by atoms with Gasteiger partial charge < -0.3 is 10.1 Å². The minimum absolute atomic E-state index is 0.475. The van der Waals surface area contributed by atoms with Gasteiger partial charge in [0.15, 0.2) is 0 Å². The molecule has 1 rings (SSSR count). The largest absolute Gasteiger partial charge is 0.380 e. The van der Waals surface area contributed by atoms with Gasteiger partial charge in [-0.2, -0.15) is 0 Å². The minimum atomic E-state index is 0.475. The van der Waals surface area contributed by atoms with E-state index in [2.05, 4.69) is 39.9 Å². The van der Waals surface area contributed by atoms with Gasteiger partial charge in [-0.25, -0.2) is 0 Å². The molecule has 1 aliphatic rings. The van der Waals surface area contributed by atoms with E-state index in [-0.39, 0.29) is 0 Å². The van der Waals surface area contributed by atoms with Crippen molar-refractivity contribution in [2.75, 3.05) is 19.8 Å². The Kier molecular flexibility index (Phi) is 6.13. The average Bonchev–Trinajstić information content (AvgIpc) is 2.18. The smallest absolute Gasteiger partial charge is 0.0591 e. The quantitative estimate of drug-likeness (QED) is 0.694. The summed E-state index contributed by atoms with van der Waals surface area (Å²) in [6, 6.07) is 0.665. The van der Waals surface area contributed by atoms with Gasteiger partial charge in [-0.05, 0) is 36.5 Å². The minimum Gasteiger partial charge on any atom is -0.380 e. The van der Waals surface area contributed by atoms with Gasteiger partial charge in [-0.15, -0.1) is 0 Å². The summed E-state index contributed by atoms with van der Waals surface area (Å²) in [5, 5.41) is 3.68. The summed E-state index contributed by atoms with van der Waals surface area (Å²) < 4.78 is 5.61. The molecule has 0 atom stereocenters. The molecule has 0 radical (unpaired) electrons. The number of unbranched alkanes of at least 4 members (excludes halogenated alkanes) is 1. The van der Waals surface area contributed by atoms with E-state index in [9.17, 15) is 0 Å². The third kappa shape index (κ3) is 6.19. The maximum atomic E-state index is 5.61. The van der Waals surface area contributed by atoms with Crippen LogP contribution in [0.1, 0.15) is 66.7 Å². The fourth-order valence-corrected chi connectivity index (χ4v) is 3.67. The molecule has 0 bridgehead atoms. The zero-order valence-corrected chi connectivity index (χ0v) is 13.1. The summed E-state index contributed by atoms with van der Waals surface area (Å²) in [5.74, 6) is 0. The van der Waals surface area contributed by atoms with E-state index in [0.29, 0.717) is 16.9 Å². The van der Waals surface area contributed by atoms with Crippen molar-refractivity contribution in [3.8, 4) is 0 Å². The highest BCUT2D eigenvalue weighted by atomic mass is 16.5. The Balaban J connectivity index is 2.21. The molecule has 1 N–H and O–H groups in total. The maximum absolute atomic E-state index is 5.61. The zero-order valence-electron chi connectivity index (χ0n) is 13.1. The van der Waals surface area contributed by atoms with Gasteiger partial charge in [0.25, 0.3) is 0 Å². The van der Waals surface area contributed by atoms with Crippen LogP contribution in [0.3, 0.4) is 0 Å². The van der Waals surface area contributed by atoms with Crippen molar-refractivity contribution >= 4 is 0 Å². The molecule has 0 aromatic rings. The van der Waals surface area contributed by atoms with Gasteiger partial charge in [0.2, 0.25) is 0 Å². The molecule has 0 unspecified atom stereocenters. The van der Waals surface area contributed by atoms with Gasteiger partial charge in [0.1, 0.15) is 0 Å². The predicted octanol–water partition coefficient (Wildman–Crippen LogP) is 4.00. The fraction of sp³-hybridized carbons (Fsp3) is 1.00. The van der Waals surface area contributed by atoms with E-state index >= 15 is 0 Å². The van der Waals surface area contributed by atoms with Crippen LogP contribution < -0.4 is 5.32 Å². The fourth-order valence-electron chi connectivity index (χ4n) is 3.67. The van der Waals surface area contributed by atoms with E-state index in [4.69, 9.17) is 4.74 Å². The molecule has 0 saturated heterocycles. The van der Waals surface area contributed by atoms with Crippen molar-refractivity contribution in [3.05, 3.63) is 0 Å². The first-order valence-electron chi connectivity index (χ1n) is 7.66. The topological polar surface area (TPSA) is 21.3 Å². The second-order valence-electron chi connectivity index (χ2n) is 7.53. The zero-order chi connectivity index (χ0) is 13.6. The maximum Gasteiger partial charge on any atom is 0.0591 e. The Hall–Kier alpha value is -0.0800. The Morgan fingerprint density at radius 3 is 2.22 bits per heavy atom. The number of ether oxygens (including phenoxy) is 1. The lowest BCUT2D eigenvalue weighted by molar-refractivity contribution is 0.0764. The van der Waals surface area contributed by atoms with Crippen LogP contribution >= 0.6 is 0 Å². The Morgan fingerprint density at radius 1 is 1.06 bits per heavy atom. The first-order chi connectivity index (χ1) is 8.35. The summed E-state index contributed by atoms with van der Waals surface area (Å²) in [7, 11) is 0. The molecular formula is C16H33NO. The van der Waals surface area contributed by atoms with Crippen LogP contribution in [0.25, 0.3) is 0 Å². The second kappa shape index (κ2) is 6.91. The third-order valence-corrected chi connectivity index (χ3v) is 3.88. The molecule has 2 nitrogen and oxygen atoms in total. The molecule has 0 aromatic heterocycles. The van der Waals surface area contributed by atoms with Crippen molar-refractivity contribution < 1.29 is 4.74 Å². The molecular weight excluding hydrogens is 222 g/mol. The highest BCUT2D eigenvalue weighted by Gasteiger charge is 2.37. The molecule has 1 saturated carbocycles. The number of nitrogens with one attached hydrogen (secondary N) is 1. The van der Waals surface area contributed by atoms with Gasteiger partial charge >= 0.3 is 0 Å². The molecule has 1 fully saturated rings. The van der Waals surface area contributed by atoms with Crippen LogP contribution in [-0.4, -0.2) is 25.8 Å². The first-order valence-corrected chi connectivity index (χ1v) is 7.66. The first kappa shape index (κ1) is 16.0. The van der Waals surface area contributed by atoms with Crippen LogP contribution in [0, 0.1) is 10.8 Å². The SMILES string of the molecule is CCCCOCCNC1CC(C)(C)CC(C)(C)C1. The van der Waals surface area contributed by atoms with E-state index < -0.39 is 0 Å². The van der Waals surface area contributed by atoms with Crippen LogP contribution in [0.4, 0.5) is 0 Å². The summed E-state index contributed by atoms with van der Waals surface area (Å²) in [4.78, 5) is 0. The Labute approximate surface area is 114 Å². The summed E-state index contributed by atoms with van der Waals surface area (Å²) in [6.45, 7) is 14.6. The highest BCUT2D eigenvalue weighted by molar-refractivity contribution is 4.92. The highest BCUT2D eigenvalue weighted by Crippen LogP contribution is 2.45. The van der Waals surface area contributed by atoms with Crippen molar-refractivity contribution in [1.29, 1.82) is 0 Å². The molecule has 0 spiro atoms. The molecule has 0 aromatic carbocycles. The lowest BCUT2D eigenvalue weighted by atomic mass is 9.63. The Bertz CT molecular complexity index is 219. The summed E-state index contributed by atoms with van der Waals surface area (Å²) in [6.07, 6.45) is 6.34. The van der Waals surface area contributed by atoms with Gasteiger partial charge in [-0.1, -0.05) is 41.0 Å². The van der Waals surface area contributed by atoms with Crippen LogP contribution in [-0.2, 0) is 4.74 Å². The molecule has 18 heavy (non-hydrogen) atoms. The number of rotatable bonds is 7. The second-order valence-corrected chi connectivity index (χ2v) is 7.53. The van der Waals surface area contributed by atoms with Gasteiger partial charge in [0, 0.05) is 19.2 Å². The van der Waals surface area contributed by atoms with Crippen LogP contribution in [0.2, 0.25) is 0 Å². The van der Waals surface area contributed by atoms with E-state index in [0.717, 1.165) is 19.8 Å². The molecule has 0 amide bonds. The monoisotopic (exact) mass is 255 g/mol. The molecule has 0 aliphatic heterocycles. The van der Waals surface area contributed by atoms with Crippen molar-refractivity contribution in [3.63, 3.8) is 0 Å². The number of hydrogen-bond donors (Lipinski definition) is 1. The number of hydrogen-bond acceptors (Lipinski definition) is 2. The lowest BCUT2D eigenvalue weighted by Gasteiger charge is -2.45. The van der Waals surface area contributed by atoms with Crippen LogP contribution in [0.15, 0.2) is 0 Å². The van der Waals surface area contributed by atoms with Crippen molar-refractivity contribution in [1.82, 2.24) is 5.32 Å². The van der Waals surface area contributed by atoms with Crippen LogP contribution in [0.5, 0.6) is 0 Å². The molecule has 2 heteroatoms. The van der Waals surface area contributed by atoms with Crippen molar-refractivity contribution in [2.24, 2.45) is 10.8 Å². The lowest BCUT2D eigenvalue weighted by Crippen LogP contribution is -2.44. The molecule has 108 valence electrons. The van der Waals surface area contributed by atoms with E-state index in [1.54, 1.807) is 0 Å². The van der Waals surface area contributed by atoms with Crippen molar-refractivity contribution in [2.45, 2.75) is 72.8 Å².